The van der Waals surface area contributed by atoms with Gasteiger partial charge in [-0.1, -0.05) is 0 Å². The van der Waals surface area contributed by atoms with Crippen LogP contribution in [0.5, 0.6) is 0 Å². The highest BCUT2D eigenvalue weighted by atomic mass is 16.5. The summed E-state index contributed by atoms with van der Waals surface area (Å²) in [6, 6.07) is 11.3. The van der Waals surface area contributed by atoms with Gasteiger partial charge in [0, 0.05) is 41.9 Å². The van der Waals surface area contributed by atoms with Gasteiger partial charge in [0.1, 0.15) is 11.2 Å². The smallest absolute Gasteiger partial charge is 0.248 e. The predicted molar refractivity (Wildman–Crippen MR) is 110 cm³/mol. The molecule has 1 aliphatic rings. The summed E-state index contributed by atoms with van der Waals surface area (Å²) in [6.45, 7) is 2.70. The van der Waals surface area contributed by atoms with Gasteiger partial charge in [-0.2, -0.15) is 5.10 Å². The number of H-pyrrole nitrogens is 1. The monoisotopic (exact) mass is 387 g/mol. The average Bonchev–Trinajstić information content (AvgIpc) is 3.13. The summed E-state index contributed by atoms with van der Waals surface area (Å²) < 4.78 is 7.94. The first-order valence-electron chi connectivity index (χ1n) is 9.82. The van der Waals surface area contributed by atoms with Gasteiger partial charge in [-0.15, -0.1) is 0 Å². The zero-order chi connectivity index (χ0) is 19.8. The van der Waals surface area contributed by atoms with Gasteiger partial charge in [0.05, 0.1) is 11.2 Å². The molecule has 5 rings (SSSR count). The van der Waals surface area contributed by atoms with Crippen molar-refractivity contribution in [1.29, 1.82) is 0 Å². The summed E-state index contributed by atoms with van der Waals surface area (Å²) in [5.41, 5.74) is 5.76. The number of fused-ring (bicyclic) bond motifs is 1. The quantitative estimate of drug-likeness (QED) is 0.577. The van der Waals surface area contributed by atoms with Crippen molar-refractivity contribution < 1.29 is 4.74 Å². The minimum atomic E-state index is -0.152. The lowest BCUT2D eigenvalue weighted by Gasteiger charge is -2.23. The molecule has 1 fully saturated rings. The molecule has 7 heteroatoms. The zero-order valence-electron chi connectivity index (χ0n) is 16.1. The fourth-order valence-corrected chi connectivity index (χ4v) is 3.81. The maximum atomic E-state index is 11.7. The van der Waals surface area contributed by atoms with Crippen molar-refractivity contribution in [2.45, 2.75) is 32.4 Å². The zero-order valence-corrected chi connectivity index (χ0v) is 16.1. The van der Waals surface area contributed by atoms with Gasteiger partial charge in [0.2, 0.25) is 5.56 Å². The highest BCUT2D eigenvalue weighted by molar-refractivity contribution is 5.91. The van der Waals surface area contributed by atoms with Crippen LogP contribution in [-0.2, 0) is 4.74 Å². The second-order valence-corrected chi connectivity index (χ2v) is 7.31. The molecule has 0 aliphatic carbocycles. The van der Waals surface area contributed by atoms with Crippen molar-refractivity contribution in [3.63, 3.8) is 0 Å². The van der Waals surface area contributed by atoms with Crippen molar-refractivity contribution in [2.24, 2.45) is 0 Å². The fraction of sp³-hybridized carbons (Fsp3) is 0.273. The van der Waals surface area contributed by atoms with Crippen LogP contribution in [-0.4, -0.2) is 31.3 Å². The Hall–Kier alpha value is -3.32. The van der Waals surface area contributed by atoms with Gasteiger partial charge in [0.15, 0.2) is 6.23 Å². The van der Waals surface area contributed by atoms with Crippen molar-refractivity contribution in [3.8, 4) is 22.5 Å². The molecule has 146 valence electrons. The van der Waals surface area contributed by atoms with Gasteiger partial charge >= 0.3 is 0 Å². The predicted octanol–water partition coefficient (Wildman–Crippen LogP) is 3.86. The van der Waals surface area contributed by atoms with Gasteiger partial charge in [-0.3, -0.25) is 9.78 Å². The third kappa shape index (κ3) is 3.34. The van der Waals surface area contributed by atoms with E-state index in [1.165, 1.54) is 0 Å². The second kappa shape index (κ2) is 7.25. The van der Waals surface area contributed by atoms with Crippen molar-refractivity contribution in [2.75, 3.05) is 6.61 Å². The molecule has 0 spiro atoms. The van der Waals surface area contributed by atoms with Crippen LogP contribution in [0, 0.1) is 6.92 Å². The Morgan fingerprint density at radius 1 is 1.14 bits per heavy atom. The SMILES string of the molecule is Cc1cc(-c2nn(C3CCCCO3)c3ccc(-c4cc[nH]c(=O)c4)nc23)ccn1. The van der Waals surface area contributed by atoms with E-state index in [4.69, 9.17) is 14.8 Å². The Bertz CT molecular complexity index is 1240. The van der Waals surface area contributed by atoms with Gasteiger partial charge in [-0.25, -0.2) is 9.67 Å². The molecule has 5 heterocycles. The van der Waals surface area contributed by atoms with E-state index in [1.54, 1.807) is 18.5 Å². The molecular formula is C22H21N5O2. The molecule has 0 radical (unpaired) electrons. The lowest BCUT2D eigenvalue weighted by Crippen LogP contribution is -2.19. The number of aromatic amines is 1. The molecule has 1 N–H and O–H groups in total. The Morgan fingerprint density at radius 3 is 2.86 bits per heavy atom. The fourth-order valence-electron chi connectivity index (χ4n) is 3.81. The molecule has 0 aromatic carbocycles. The average molecular weight is 387 g/mol. The molecular weight excluding hydrogens is 366 g/mol. The summed E-state index contributed by atoms with van der Waals surface area (Å²) in [5.74, 6) is 0. The first-order valence-corrected chi connectivity index (χ1v) is 9.82. The molecule has 0 amide bonds. The number of hydrogen-bond donors (Lipinski definition) is 1. The summed E-state index contributed by atoms with van der Waals surface area (Å²) in [7, 11) is 0. The van der Waals surface area contributed by atoms with Crippen LogP contribution >= 0.6 is 0 Å². The molecule has 4 aromatic rings. The van der Waals surface area contributed by atoms with Crippen LogP contribution in [0.25, 0.3) is 33.5 Å². The van der Waals surface area contributed by atoms with Crippen molar-refractivity contribution >= 4 is 11.0 Å². The number of pyridine rings is 3. The normalized spacial score (nSPS) is 16.9. The summed E-state index contributed by atoms with van der Waals surface area (Å²) in [6.07, 6.45) is 6.46. The van der Waals surface area contributed by atoms with Crippen LogP contribution in [0.3, 0.4) is 0 Å². The Balaban J connectivity index is 1.72. The van der Waals surface area contributed by atoms with Crippen LogP contribution in [0.4, 0.5) is 0 Å². The number of rotatable bonds is 3. The highest BCUT2D eigenvalue weighted by Crippen LogP contribution is 2.33. The van der Waals surface area contributed by atoms with Gasteiger partial charge in [0.25, 0.3) is 0 Å². The third-order valence-corrected chi connectivity index (χ3v) is 5.22. The van der Waals surface area contributed by atoms with Crippen LogP contribution in [0.2, 0.25) is 0 Å². The van der Waals surface area contributed by atoms with Crippen LogP contribution in [0.15, 0.2) is 53.6 Å². The van der Waals surface area contributed by atoms with E-state index < -0.39 is 0 Å². The first-order chi connectivity index (χ1) is 14.2. The van der Waals surface area contributed by atoms with E-state index in [0.29, 0.717) is 0 Å². The van der Waals surface area contributed by atoms with Crippen LogP contribution < -0.4 is 5.56 Å². The van der Waals surface area contributed by atoms with E-state index >= 15 is 0 Å². The number of hydrogen-bond acceptors (Lipinski definition) is 5. The number of ether oxygens (including phenoxy) is 1. The van der Waals surface area contributed by atoms with Gasteiger partial charge in [-0.05, 0) is 56.5 Å². The lowest BCUT2D eigenvalue weighted by molar-refractivity contribution is -0.0365. The number of nitrogens with zero attached hydrogens (tertiary/aromatic N) is 4. The number of nitrogens with one attached hydrogen (secondary N) is 1. The number of aromatic nitrogens is 5. The van der Waals surface area contributed by atoms with Crippen LogP contribution in [0.1, 0.15) is 31.2 Å². The molecule has 1 unspecified atom stereocenters. The molecule has 4 aromatic heterocycles. The van der Waals surface area contributed by atoms with Gasteiger partial charge < -0.3 is 9.72 Å². The van der Waals surface area contributed by atoms with E-state index in [-0.39, 0.29) is 11.8 Å². The molecule has 7 nitrogen and oxygen atoms in total. The Kier molecular flexibility index (Phi) is 4.44. The van der Waals surface area contributed by atoms with Crippen molar-refractivity contribution in [1.82, 2.24) is 24.7 Å². The lowest BCUT2D eigenvalue weighted by atomic mass is 10.1. The minimum absolute atomic E-state index is 0.0878. The summed E-state index contributed by atoms with van der Waals surface area (Å²) in [4.78, 5) is 23.6. The maximum absolute atomic E-state index is 11.7. The molecule has 1 saturated heterocycles. The standard InChI is InChI=1S/C22H21N5O2/c1-14-12-16(8-9-23-14)21-22-18(27(26-21)20-4-2-3-11-29-20)6-5-17(25-22)15-7-10-24-19(28)13-15/h5-10,12-13,20H,2-4,11H2,1H3,(H,24,28). The maximum Gasteiger partial charge on any atom is 0.248 e. The molecule has 0 saturated carbocycles. The molecule has 29 heavy (non-hydrogen) atoms. The topological polar surface area (TPSA) is 85.7 Å². The Morgan fingerprint density at radius 2 is 2.07 bits per heavy atom. The van der Waals surface area contributed by atoms with Crippen molar-refractivity contribution in [3.05, 3.63) is 64.8 Å². The summed E-state index contributed by atoms with van der Waals surface area (Å²) >= 11 is 0. The summed E-state index contributed by atoms with van der Waals surface area (Å²) in [5, 5.41) is 4.91. The molecule has 1 atom stereocenters. The Labute approximate surface area is 167 Å². The molecule has 0 bridgehead atoms. The largest absolute Gasteiger partial charge is 0.356 e. The second-order valence-electron chi connectivity index (χ2n) is 7.31. The van der Waals surface area contributed by atoms with E-state index in [2.05, 4.69) is 9.97 Å². The number of aryl methyl sites for hydroxylation is 1. The first kappa shape index (κ1) is 17.8. The minimum Gasteiger partial charge on any atom is -0.356 e. The highest BCUT2D eigenvalue weighted by Gasteiger charge is 2.23. The molecule has 1 aliphatic heterocycles. The van der Waals surface area contributed by atoms with E-state index in [9.17, 15) is 4.79 Å². The van der Waals surface area contributed by atoms with E-state index in [1.807, 2.05) is 41.9 Å². The third-order valence-electron chi connectivity index (χ3n) is 5.22. The van der Waals surface area contributed by atoms with E-state index in [0.717, 1.165) is 65.1 Å².